The third-order valence-electron chi connectivity index (χ3n) is 4.95. The van der Waals surface area contributed by atoms with E-state index in [-0.39, 0.29) is 6.04 Å². The number of rotatable bonds is 7. The average Bonchev–Trinajstić information content (AvgIpc) is 2.78. The van der Waals surface area contributed by atoms with E-state index >= 15 is 0 Å². The van der Waals surface area contributed by atoms with Gasteiger partial charge in [-0.15, -0.1) is 0 Å². The Hall–Kier alpha value is -2.97. The zero-order valence-corrected chi connectivity index (χ0v) is 16.5. The van der Waals surface area contributed by atoms with Gasteiger partial charge in [0, 0.05) is 25.7 Å². The summed E-state index contributed by atoms with van der Waals surface area (Å²) in [6.07, 6.45) is 4.19. The number of methoxy groups -OCH3 is 1. The Kier molecular flexibility index (Phi) is 6.02. The molecule has 3 aromatic rings. The largest absolute Gasteiger partial charge is 0.494 e. The zero-order valence-electron chi connectivity index (χ0n) is 16.5. The first-order chi connectivity index (χ1) is 14.2. The van der Waals surface area contributed by atoms with Gasteiger partial charge in [0.15, 0.2) is 0 Å². The van der Waals surface area contributed by atoms with Crippen LogP contribution in [0.25, 0.3) is 10.9 Å². The standard InChI is InChI=1S/C21H26N6O2/c1-28-18-14-23-13-17-19(18)20(26-21(25-17)27-7-9-29-10-8-27)24-12-16(22)11-15-5-3-2-4-6-15/h2-6,13-14,16H,7-12,22H2,1H3,(H,24,25,26)/t16-/m0/s1. The summed E-state index contributed by atoms with van der Waals surface area (Å²) in [7, 11) is 1.62. The van der Waals surface area contributed by atoms with Crippen LogP contribution in [0.5, 0.6) is 5.75 Å². The maximum absolute atomic E-state index is 6.37. The first-order valence-electron chi connectivity index (χ1n) is 9.80. The van der Waals surface area contributed by atoms with Gasteiger partial charge in [-0.2, -0.15) is 4.98 Å². The predicted octanol–water partition coefficient (Wildman–Crippen LogP) is 1.85. The molecule has 3 N–H and O–H groups in total. The van der Waals surface area contributed by atoms with E-state index < -0.39 is 0 Å². The second-order valence-electron chi connectivity index (χ2n) is 7.04. The van der Waals surface area contributed by atoms with Crippen LogP contribution < -0.4 is 20.7 Å². The minimum atomic E-state index is -0.0536. The lowest BCUT2D eigenvalue weighted by Crippen LogP contribution is -2.37. The topological polar surface area (TPSA) is 98.4 Å². The van der Waals surface area contributed by atoms with Crippen molar-refractivity contribution >= 4 is 22.7 Å². The number of hydrogen-bond donors (Lipinski definition) is 2. The van der Waals surface area contributed by atoms with Gasteiger partial charge in [0.25, 0.3) is 0 Å². The van der Waals surface area contributed by atoms with Crippen LogP contribution in [-0.4, -0.2) is 61.0 Å². The molecular weight excluding hydrogens is 368 g/mol. The molecule has 1 aromatic carbocycles. The Labute approximate surface area is 170 Å². The molecule has 4 rings (SSSR count). The molecule has 0 unspecified atom stereocenters. The first kappa shape index (κ1) is 19.4. The van der Waals surface area contributed by atoms with Crippen molar-refractivity contribution in [3.8, 4) is 5.75 Å². The van der Waals surface area contributed by atoms with Gasteiger partial charge in [-0.05, 0) is 12.0 Å². The second-order valence-corrected chi connectivity index (χ2v) is 7.04. The molecule has 8 nitrogen and oxygen atoms in total. The highest BCUT2D eigenvalue weighted by atomic mass is 16.5. The number of benzene rings is 1. The van der Waals surface area contributed by atoms with Crippen molar-refractivity contribution in [3.05, 3.63) is 48.3 Å². The number of anilines is 2. The minimum absolute atomic E-state index is 0.0536. The monoisotopic (exact) mass is 394 g/mol. The molecule has 1 atom stereocenters. The molecule has 1 aliphatic heterocycles. The van der Waals surface area contributed by atoms with Gasteiger partial charge < -0.3 is 25.4 Å². The van der Waals surface area contributed by atoms with E-state index in [2.05, 4.69) is 27.3 Å². The summed E-state index contributed by atoms with van der Waals surface area (Å²) < 4.78 is 11.0. The number of pyridine rings is 1. The third-order valence-corrected chi connectivity index (χ3v) is 4.95. The number of hydrogen-bond acceptors (Lipinski definition) is 8. The lowest BCUT2D eigenvalue weighted by Gasteiger charge is -2.27. The number of ether oxygens (including phenoxy) is 2. The van der Waals surface area contributed by atoms with Crippen LogP contribution in [0.4, 0.5) is 11.8 Å². The van der Waals surface area contributed by atoms with E-state index in [1.807, 2.05) is 18.2 Å². The van der Waals surface area contributed by atoms with E-state index in [1.54, 1.807) is 19.5 Å². The molecule has 1 aliphatic rings. The summed E-state index contributed by atoms with van der Waals surface area (Å²) >= 11 is 0. The van der Waals surface area contributed by atoms with Gasteiger partial charge in [0.1, 0.15) is 17.1 Å². The summed E-state index contributed by atoms with van der Waals surface area (Å²) in [6.45, 7) is 3.44. The molecule has 29 heavy (non-hydrogen) atoms. The Morgan fingerprint density at radius 3 is 2.72 bits per heavy atom. The quantitative estimate of drug-likeness (QED) is 0.627. The predicted molar refractivity (Wildman–Crippen MR) is 114 cm³/mol. The van der Waals surface area contributed by atoms with Gasteiger partial charge in [-0.1, -0.05) is 30.3 Å². The number of fused-ring (bicyclic) bond motifs is 1. The van der Waals surface area contributed by atoms with Crippen LogP contribution in [0, 0.1) is 0 Å². The molecule has 1 saturated heterocycles. The third kappa shape index (κ3) is 4.55. The molecule has 1 fully saturated rings. The van der Waals surface area contributed by atoms with Crippen molar-refractivity contribution in [2.24, 2.45) is 5.73 Å². The van der Waals surface area contributed by atoms with Crippen LogP contribution in [0.2, 0.25) is 0 Å². The maximum Gasteiger partial charge on any atom is 0.228 e. The average molecular weight is 394 g/mol. The molecule has 0 amide bonds. The molecule has 0 spiro atoms. The Balaban J connectivity index is 1.60. The van der Waals surface area contributed by atoms with Crippen molar-refractivity contribution < 1.29 is 9.47 Å². The van der Waals surface area contributed by atoms with Crippen LogP contribution in [-0.2, 0) is 11.2 Å². The van der Waals surface area contributed by atoms with Gasteiger partial charge in [-0.3, -0.25) is 4.98 Å². The number of nitrogens with zero attached hydrogens (tertiary/aromatic N) is 4. The van der Waals surface area contributed by atoms with Crippen molar-refractivity contribution in [2.45, 2.75) is 12.5 Å². The normalized spacial score (nSPS) is 15.3. The molecule has 8 heteroatoms. The van der Waals surface area contributed by atoms with Crippen molar-refractivity contribution in [3.63, 3.8) is 0 Å². The fourth-order valence-corrected chi connectivity index (χ4v) is 3.45. The first-order valence-corrected chi connectivity index (χ1v) is 9.80. The maximum atomic E-state index is 6.37. The number of aromatic nitrogens is 3. The van der Waals surface area contributed by atoms with E-state index in [1.165, 1.54) is 5.56 Å². The lowest BCUT2D eigenvalue weighted by atomic mass is 10.1. The Bertz CT molecular complexity index is 947. The van der Waals surface area contributed by atoms with Gasteiger partial charge in [0.2, 0.25) is 5.95 Å². The second kappa shape index (κ2) is 9.02. The summed E-state index contributed by atoms with van der Waals surface area (Å²) in [6, 6.07) is 10.2. The highest BCUT2D eigenvalue weighted by molar-refractivity contribution is 5.94. The van der Waals surface area contributed by atoms with Crippen LogP contribution in [0.1, 0.15) is 5.56 Å². The molecule has 3 heterocycles. The van der Waals surface area contributed by atoms with Crippen molar-refractivity contribution in [2.75, 3.05) is 50.2 Å². The van der Waals surface area contributed by atoms with Gasteiger partial charge in [0.05, 0.1) is 38.1 Å². The van der Waals surface area contributed by atoms with Gasteiger partial charge in [-0.25, -0.2) is 4.98 Å². The summed E-state index contributed by atoms with van der Waals surface area (Å²) in [5.74, 6) is 2.00. The fraction of sp³-hybridized carbons (Fsp3) is 0.381. The molecule has 0 aliphatic carbocycles. The van der Waals surface area contributed by atoms with Crippen LogP contribution >= 0.6 is 0 Å². The summed E-state index contributed by atoms with van der Waals surface area (Å²) in [5.41, 5.74) is 8.32. The SMILES string of the molecule is COc1cncc2nc(N3CCOCC3)nc(NC[C@@H](N)Cc3ccccc3)c12. The van der Waals surface area contributed by atoms with Crippen LogP contribution in [0.15, 0.2) is 42.7 Å². The Morgan fingerprint density at radius 1 is 1.17 bits per heavy atom. The lowest BCUT2D eigenvalue weighted by molar-refractivity contribution is 0.122. The highest BCUT2D eigenvalue weighted by Crippen LogP contribution is 2.31. The molecule has 0 saturated carbocycles. The Morgan fingerprint density at radius 2 is 1.97 bits per heavy atom. The van der Waals surface area contributed by atoms with Gasteiger partial charge >= 0.3 is 0 Å². The molecule has 0 radical (unpaired) electrons. The zero-order chi connectivity index (χ0) is 20.1. The van der Waals surface area contributed by atoms with Crippen molar-refractivity contribution in [1.29, 1.82) is 0 Å². The minimum Gasteiger partial charge on any atom is -0.494 e. The van der Waals surface area contributed by atoms with E-state index in [9.17, 15) is 0 Å². The molecule has 2 aromatic heterocycles. The van der Waals surface area contributed by atoms with Crippen LogP contribution in [0.3, 0.4) is 0 Å². The number of nitrogens with two attached hydrogens (primary N) is 1. The number of nitrogens with one attached hydrogen (secondary N) is 1. The fourth-order valence-electron chi connectivity index (χ4n) is 3.45. The van der Waals surface area contributed by atoms with E-state index in [0.29, 0.717) is 37.3 Å². The summed E-state index contributed by atoms with van der Waals surface area (Å²) in [5, 5.41) is 4.23. The van der Waals surface area contributed by atoms with E-state index in [0.717, 1.165) is 30.4 Å². The smallest absolute Gasteiger partial charge is 0.228 e. The molecule has 0 bridgehead atoms. The highest BCUT2D eigenvalue weighted by Gasteiger charge is 2.19. The molecular formula is C21H26N6O2. The van der Waals surface area contributed by atoms with E-state index in [4.69, 9.17) is 25.2 Å². The number of morpholine rings is 1. The van der Waals surface area contributed by atoms with Crippen molar-refractivity contribution in [1.82, 2.24) is 15.0 Å². The molecule has 152 valence electrons. The summed E-state index contributed by atoms with van der Waals surface area (Å²) in [4.78, 5) is 15.9.